The molecule has 5 heteroatoms. The number of phenols is 1. The summed E-state index contributed by atoms with van der Waals surface area (Å²) in [7, 11) is 0. The third-order valence-corrected chi connectivity index (χ3v) is 3.38. The van der Waals surface area contributed by atoms with Crippen LogP contribution in [0.3, 0.4) is 0 Å². The zero-order valence-corrected chi connectivity index (χ0v) is 10.4. The van der Waals surface area contributed by atoms with Crippen LogP contribution in [0.5, 0.6) is 11.5 Å². The van der Waals surface area contributed by atoms with Crippen LogP contribution in [0, 0.1) is 11.6 Å². The zero-order valence-electron chi connectivity index (χ0n) is 10.4. The van der Waals surface area contributed by atoms with Gasteiger partial charge in [0.05, 0.1) is 6.10 Å². The average Bonchev–Trinajstić information content (AvgIpc) is 2.41. The van der Waals surface area contributed by atoms with Crippen molar-refractivity contribution in [3.8, 4) is 11.5 Å². The third-order valence-electron chi connectivity index (χ3n) is 3.38. The van der Waals surface area contributed by atoms with E-state index in [1.54, 1.807) is 0 Å². The molecule has 0 saturated carbocycles. The number of ether oxygens (including phenoxy) is 1. The van der Waals surface area contributed by atoms with Gasteiger partial charge in [-0.1, -0.05) is 6.07 Å². The molecule has 0 bridgehead atoms. The van der Waals surface area contributed by atoms with Gasteiger partial charge in [-0.3, -0.25) is 0 Å². The molecule has 1 heterocycles. The molecule has 0 spiro atoms. The maximum atomic E-state index is 13.4. The molecule has 0 fully saturated rings. The predicted octanol–water partition coefficient (Wildman–Crippen LogP) is 3.23. The first-order valence-corrected chi connectivity index (χ1v) is 6.17. The summed E-state index contributed by atoms with van der Waals surface area (Å²) >= 11 is 0. The molecule has 104 valence electrons. The molecule has 0 saturated heterocycles. The number of benzene rings is 2. The Hall–Kier alpha value is -2.14. The minimum Gasteiger partial charge on any atom is -0.505 e. The van der Waals surface area contributed by atoms with Gasteiger partial charge in [0.25, 0.3) is 0 Å². The van der Waals surface area contributed by atoms with E-state index in [4.69, 9.17) is 4.74 Å². The highest BCUT2D eigenvalue weighted by molar-refractivity contribution is 5.39. The molecule has 3 nitrogen and oxygen atoms in total. The van der Waals surface area contributed by atoms with Crippen molar-refractivity contribution >= 4 is 0 Å². The van der Waals surface area contributed by atoms with Crippen LogP contribution in [0.4, 0.5) is 8.78 Å². The Bertz CT molecular complexity index is 658. The summed E-state index contributed by atoms with van der Waals surface area (Å²) in [4.78, 5) is 0. The van der Waals surface area contributed by atoms with E-state index in [0.29, 0.717) is 11.1 Å². The Morgan fingerprint density at radius 3 is 2.65 bits per heavy atom. The van der Waals surface area contributed by atoms with Gasteiger partial charge < -0.3 is 14.9 Å². The van der Waals surface area contributed by atoms with Gasteiger partial charge in [0.2, 0.25) is 0 Å². The summed E-state index contributed by atoms with van der Waals surface area (Å²) in [6.07, 6.45) is -1.15. The predicted molar refractivity (Wildman–Crippen MR) is 67.4 cm³/mol. The van der Waals surface area contributed by atoms with Crippen molar-refractivity contribution in [3.05, 3.63) is 59.2 Å². The number of fused-ring (bicyclic) bond motifs is 1. The van der Waals surface area contributed by atoms with Gasteiger partial charge in [0, 0.05) is 18.1 Å². The topological polar surface area (TPSA) is 49.7 Å². The second-order valence-electron chi connectivity index (χ2n) is 4.75. The molecule has 3 rings (SSSR count). The molecule has 2 atom stereocenters. The number of aliphatic hydroxyl groups is 1. The van der Waals surface area contributed by atoms with E-state index in [-0.39, 0.29) is 12.2 Å². The molecule has 0 amide bonds. The molecular formula is C15H12F2O3. The fourth-order valence-electron chi connectivity index (χ4n) is 2.34. The Labute approximate surface area is 114 Å². The Kier molecular flexibility index (Phi) is 3.06. The molecule has 0 radical (unpaired) electrons. The summed E-state index contributed by atoms with van der Waals surface area (Å²) in [5.74, 6) is -1.42. The number of hydrogen-bond acceptors (Lipinski definition) is 3. The van der Waals surface area contributed by atoms with Crippen molar-refractivity contribution in [2.75, 3.05) is 0 Å². The Morgan fingerprint density at radius 2 is 1.90 bits per heavy atom. The number of hydrogen-bond donors (Lipinski definition) is 2. The number of rotatable bonds is 1. The molecule has 2 aromatic carbocycles. The van der Waals surface area contributed by atoms with Gasteiger partial charge in [-0.05, 0) is 29.8 Å². The first kappa shape index (κ1) is 12.9. The molecule has 0 aliphatic carbocycles. The van der Waals surface area contributed by atoms with E-state index in [0.717, 1.165) is 6.07 Å². The fourth-order valence-corrected chi connectivity index (χ4v) is 2.34. The average molecular weight is 278 g/mol. The van der Waals surface area contributed by atoms with Crippen LogP contribution >= 0.6 is 0 Å². The van der Waals surface area contributed by atoms with Crippen molar-refractivity contribution in [2.45, 2.75) is 18.6 Å². The lowest BCUT2D eigenvalue weighted by Crippen LogP contribution is -2.19. The van der Waals surface area contributed by atoms with Crippen molar-refractivity contribution in [1.29, 1.82) is 0 Å². The summed E-state index contributed by atoms with van der Waals surface area (Å²) in [6, 6.07) is 7.81. The lowest BCUT2D eigenvalue weighted by molar-refractivity contribution is 0.0652. The van der Waals surface area contributed by atoms with Crippen LogP contribution in [-0.4, -0.2) is 10.2 Å². The van der Waals surface area contributed by atoms with Crippen molar-refractivity contribution in [3.63, 3.8) is 0 Å². The van der Waals surface area contributed by atoms with Gasteiger partial charge in [0.15, 0.2) is 11.6 Å². The Balaban J connectivity index is 1.96. The molecule has 1 aliphatic heterocycles. The SMILES string of the molecule is Oc1ccc(C2C[C@@H](O)c3ccc(F)cc3O2)cc1F. The maximum absolute atomic E-state index is 13.4. The highest BCUT2D eigenvalue weighted by Crippen LogP contribution is 2.41. The first-order valence-electron chi connectivity index (χ1n) is 6.17. The summed E-state index contributed by atoms with van der Waals surface area (Å²) in [6.45, 7) is 0. The highest BCUT2D eigenvalue weighted by atomic mass is 19.1. The largest absolute Gasteiger partial charge is 0.505 e. The van der Waals surface area contributed by atoms with Gasteiger partial charge in [-0.15, -0.1) is 0 Å². The van der Waals surface area contributed by atoms with Crippen LogP contribution in [0.15, 0.2) is 36.4 Å². The zero-order chi connectivity index (χ0) is 14.3. The monoisotopic (exact) mass is 278 g/mol. The van der Waals surface area contributed by atoms with Crippen LogP contribution < -0.4 is 4.74 Å². The summed E-state index contributed by atoms with van der Waals surface area (Å²) in [5, 5.41) is 19.2. The lowest BCUT2D eigenvalue weighted by Gasteiger charge is -2.30. The first-order chi connectivity index (χ1) is 9.54. The fraction of sp³-hybridized carbons (Fsp3) is 0.200. The third kappa shape index (κ3) is 2.20. The lowest BCUT2D eigenvalue weighted by atomic mass is 9.95. The minimum absolute atomic E-state index is 0.239. The quantitative estimate of drug-likeness (QED) is 0.842. The van der Waals surface area contributed by atoms with Crippen LogP contribution in [-0.2, 0) is 0 Å². The molecule has 2 aromatic rings. The second kappa shape index (κ2) is 4.76. The van der Waals surface area contributed by atoms with Gasteiger partial charge in [-0.2, -0.15) is 0 Å². The van der Waals surface area contributed by atoms with E-state index in [2.05, 4.69) is 0 Å². The number of halogens is 2. The second-order valence-corrected chi connectivity index (χ2v) is 4.75. The molecule has 1 unspecified atom stereocenters. The molecular weight excluding hydrogens is 266 g/mol. The summed E-state index contributed by atoms with van der Waals surface area (Å²) < 4.78 is 32.2. The van der Waals surface area contributed by atoms with Crippen LogP contribution in [0.2, 0.25) is 0 Å². The van der Waals surface area contributed by atoms with Crippen LogP contribution in [0.25, 0.3) is 0 Å². The van der Waals surface area contributed by atoms with E-state index in [9.17, 15) is 19.0 Å². The van der Waals surface area contributed by atoms with Crippen molar-refractivity contribution in [1.82, 2.24) is 0 Å². The molecule has 2 N–H and O–H groups in total. The minimum atomic E-state index is -0.804. The summed E-state index contributed by atoms with van der Waals surface area (Å²) in [5.41, 5.74) is 0.996. The van der Waals surface area contributed by atoms with Crippen LogP contribution in [0.1, 0.15) is 29.8 Å². The van der Waals surface area contributed by atoms with Crippen molar-refractivity contribution in [2.24, 2.45) is 0 Å². The smallest absolute Gasteiger partial charge is 0.165 e. The molecule has 0 aromatic heterocycles. The molecule has 1 aliphatic rings. The normalized spacial score (nSPS) is 21.1. The van der Waals surface area contributed by atoms with Gasteiger partial charge >= 0.3 is 0 Å². The number of aliphatic hydroxyl groups excluding tert-OH is 1. The number of phenolic OH excluding ortho intramolecular Hbond substituents is 1. The number of aromatic hydroxyl groups is 1. The van der Waals surface area contributed by atoms with E-state index >= 15 is 0 Å². The van der Waals surface area contributed by atoms with E-state index in [1.807, 2.05) is 0 Å². The Morgan fingerprint density at radius 1 is 1.10 bits per heavy atom. The van der Waals surface area contributed by atoms with Crippen molar-refractivity contribution < 1.29 is 23.7 Å². The maximum Gasteiger partial charge on any atom is 0.165 e. The van der Waals surface area contributed by atoms with E-state index in [1.165, 1.54) is 30.3 Å². The van der Waals surface area contributed by atoms with E-state index < -0.39 is 29.6 Å². The highest BCUT2D eigenvalue weighted by Gasteiger charge is 2.28. The standard InChI is InChI=1S/C15H12F2O3/c16-9-2-3-10-13(19)7-14(20-15(10)6-9)8-1-4-12(18)11(17)5-8/h1-6,13-14,18-19H,7H2/t13-,14?/m1/s1. The molecule has 20 heavy (non-hydrogen) atoms. The van der Waals surface area contributed by atoms with Gasteiger partial charge in [0.1, 0.15) is 17.7 Å². The van der Waals surface area contributed by atoms with Gasteiger partial charge in [-0.25, -0.2) is 8.78 Å².